The van der Waals surface area contributed by atoms with Gasteiger partial charge in [-0.05, 0) is 37.0 Å². The van der Waals surface area contributed by atoms with Crippen LogP contribution in [0.5, 0.6) is 0 Å². The molecule has 0 aromatic heterocycles. The van der Waals surface area contributed by atoms with Crippen LogP contribution >= 0.6 is 0 Å². The molecule has 0 heteroatoms. The van der Waals surface area contributed by atoms with Crippen LogP contribution in [0.4, 0.5) is 0 Å². The highest BCUT2D eigenvalue weighted by Gasteiger charge is 1.97. The number of hydrogen-bond acceptors (Lipinski definition) is 0. The summed E-state index contributed by atoms with van der Waals surface area (Å²) in [4.78, 5) is 0. The van der Waals surface area contributed by atoms with Gasteiger partial charge in [0, 0.05) is 0 Å². The number of hydrogen-bond donors (Lipinski definition) is 0. The molecule has 0 spiro atoms. The van der Waals surface area contributed by atoms with Gasteiger partial charge in [0.25, 0.3) is 0 Å². The monoisotopic (exact) mass is 172 g/mol. The summed E-state index contributed by atoms with van der Waals surface area (Å²) in [5.41, 5.74) is 4.00. The molecule has 0 unspecified atom stereocenters. The van der Waals surface area contributed by atoms with Gasteiger partial charge in [-0.3, -0.25) is 0 Å². The molecule has 0 radical (unpaired) electrons. The zero-order valence-electron chi connectivity index (χ0n) is 8.38. The SMILES string of the molecule is C=CCC=C(C)c1ccccc1C. The fraction of sp³-hybridized carbons (Fsp3) is 0.231. The molecule has 0 aliphatic carbocycles. The molecule has 1 aromatic rings. The second kappa shape index (κ2) is 4.66. The average molecular weight is 172 g/mol. The lowest BCUT2D eigenvalue weighted by Crippen LogP contribution is -1.84. The van der Waals surface area contributed by atoms with Crippen molar-refractivity contribution in [3.8, 4) is 0 Å². The maximum Gasteiger partial charge on any atom is -0.0166 e. The zero-order valence-corrected chi connectivity index (χ0v) is 8.38. The van der Waals surface area contributed by atoms with Crippen molar-refractivity contribution in [3.63, 3.8) is 0 Å². The van der Waals surface area contributed by atoms with Crippen LogP contribution in [0.3, 0.4) is 0 Å². The largest absolute Gasteiger partial charge is 0.103 e. The van der Waals surface area contributed by atoms with E-state index in [2.05, 4.69) is 50.8 Å². The highest BCUT2D eigenvalue weighted by Crippen LogP contribution is 2.18. The van der Waals surface area contributed by atoms with E-state index in [0.717, 1.165) is 6.42 Å². The summed E-state index contributed by atoms with van der Waals surface area (Å²) in [6.45, 7) is 7.99. The van der Waals surface area contributed by atoms with Crippen molar-refractivity contribution in [2.45, 2.75) is 20.3 Å². The normalized spacial score (nSPS) is 11.4. The Labute approximate surface area is 80.6 Å². The van der Waals surface area contributed by atoms with Crippen LogP contribution in [-0.4, -0.2) is 0 Å². The first-order valence-electron chi connectivity index (χ1n) is 4.59. The summed E-state index contributed by atoms with van der Waals surface area (Å²) in [5.74, 6) is 0. The first-order valence-corrected chi connectivity index (χ1v) is 4.59. The van der Waals surface area contributed by atoms with Crippen LogP contribution in [0.2, 0.25) is 0 Å². The lowest BCUT2D eigenvalue weighted by atomic mass is 10.0. The number of benzene rings is 1. The Morgan fingerprint density at radius 1 is 1.38 bits per heavy atom. The molecule has 0 aliphatic heterocycles. The Morgan fingerprint density at radius 3 is 2.69 bits per heavy atom. The molecule has 13 heavy (non-hydrogen) atoms. The van der Waals surface area contributed by atoms with E-state index in [4.69, 9.17) is 0 Å². The molecule has 0 aliphatic rings. The Bertz CT molecular complexity index is 319. The van der Waals surface area contributed by atoms with Gasteiger partial charge < -0.3 is 0 Å². The maximum absolute atomic E-state index is 3.70. The summed E-state index contributed by atoms with van der Waals surface area (Å²) >= 11 is 0. The smallest absolute Gasteiger partial charge is 0.0166 e. The molecular formula is C13H16. The van der Waals surface area contributed by atoms with E-state index in [1.807, 2.05) is 6.08 Å². The molecule has 0 atom stereocenters. The van der Waals surface area contributed by atoms with Crippen LogP contribution in [0.25, 0.3) is 5.57 Å². The van der Waals surface area contributed by atoms with Crippen molar-refractivity contribution in [1.82, 2.24) is 0 Å². The topological polar surface area (TPSA) is 0 Å². The van der Waals surface area contributed by atoms with Crippen LogP contribution in [0.1, 0.15) is 24.5 Å². The summed E-state index contributed by atoms with van der Waals surface area (Å²) in [7, 11) is 0. The van der Waals surface area contributed by atoms with Crippen molar-refractivity contribution >= 4 is 5.57 Å². The quantitative estimate of drug-likeness (QED) is 0.605. The second-order valence-corrected chi connectivity index (χ2v) is 3.23. The van der Waals surface area contributed by atoms with E-state index in [0.29, 0.717) is 0 Å². The van der Waals surface area contributed by atoms with Crippen LogP contribution in [0, 0.1) is 6.92 Å². The van der Waals surface area contributed by atoms with E-state index < -0.39 is 0 Å². The van der Waals surface area contributed by atoms with Crippen molar-refractivity contribution < 1.29 is 0 Å². The van der Waals surface area contributed by atoms with Gasteiger partial charge in [0.05, 0.1) is 0 Å². The highest BCUT2D eigenvalue weighted by atomic mass is 14.0. The highest BCUT2D eigenvalue weighted by molar-refractivity contribution is 5.66. The van der Waals surface area contributed by atoms with Gasteiger partial charge in [0.1, 0.15) is 0 Å². The minimum absolute atomic E-state index is 0.945. The van der Waals surface area contributed by atoms with E-state index in [1.54, 1.807) is 0 Å². The van der Waals surface area contributed by atoms with Crippen LogP contribution in [-0.2, 0) is 0 Å². The first kappa shape index (κ1) is 9.79. The van der Waals surface area contributed by atoms with Gasteiger partial charge in [0.2, 0.25) is 0 Å². The Kier molecular flexibility index (Phi) is 3.51. The third-order valence-corrected chi connectivity index (χ3v) is 2.16. The molecule has 0 nitrogen and oxygen atoms in total. The molecule has 1 aromatic carbocycles. The molecule has 0 bridgehead atoms. The average Bonchev–Trinajstić information content (AvgIpc) is 2.15. The van der Waals surface area contributed by atoms with Gasteiger partial charge in [0.15, 0.2) is 0 Å². The molecule has 0 saturated carbocycles. The summed E-state index contributed by atoms with van der Waals surface area (Å²) in [5, 5.41) is 0. The van der Waals surface area contributed by atoms with Gasteiger partial charge in [-0.2, -0.15) is 0 Å². The molecule has 1 rings (SSSR count). The molecule has 0 amide bonds. The molecular weight excluding hydrogens is 156 g/mol. The summed E-state index contributed by atoms with van der Waals surface area (Å²) < 4.78 is 0. The maximum atomic E-state index is 3.70. The van der Waals surface area contributed by atoms with E-state index in [1.165, 1.54) is 16.7 Å². The summed E-state index contributed by atoms with van der Waals surface area (Å²) in [6, 6.07) is 8.44. The predicted octanol–water partition coefficient (Wildman–Crippen LogP) is 3.97. The van der Waals surface area contributed by atoms with Crippen molar-refractivity contribution in [2.24, 2.45) is 0 Å². The van der Waals surface area contributed by atoms with Crippen molar-refractivity contribution in [3.05, 3.63) is 54.1 Å². The lowest BCUT2D eigenvalue weighted by Gasteiger charge is -2.04. The molecule has 0 heterocycles. The number of rotatable bonds is 3. The van der Waals surface area contributed by atoms with Gasteiger partial charge in [-0.25, -0.2) is 0 Å². The number of allylic oxidation sites excluding steroid dienone is 3. The minimum Gasteiger partial charge on any atom is -0.103 e. The second-order valence-electron chi connectivity index (χ2n) is 3.23. The van der Waals surface area contributed by atoms with Crippen molar-refractivity contribution in [1.29, 1.82) is 0 Å². The standard InChI is InChI=1S/C13H16/c1-4-5-8-11(2)13-10-7-6-9-12(13)3/h4,6-10H,1,5H2,2-3H3. The molecule has 0 saturated heterocycles. The third kappa shape index (κ3) is 2.59. The van der Waals surface area contributed by atoms with Crippen LogP contribution in [0.15, 0.2) is 43.0 Å². The zero-order chi connectivity index (χ0) is 9.68. The van der Waals surface area contributed by atoms with Crippen LogP contribution < -0.4 is 0 Å². The lowest BCUT2D eigenvalue weighted by molar-refractivity contribution is 1.36. The Balaban J connectivity index is 2.94. The van der Waals surface area contributed by atoms with E-state index in [9.17, 15) is 0 Å². The van der Waals surface area contributed by atoms with Crippen molar-refractivity contribution in [2.75, 3.05) is 0 Å². The predicted molar refractivity (Wildman–Crippen MR) is 59.6 cm³/mol. The Morgan fingerprint density at radius 2 is 2.08 bits per heavy atom. The molecule has 68 valence electrons. The first-order chi connectivity index (χ1) is 6.25. The minimum atomic E-state index is 0.945. The Hall–Kier alpha value is -1.30. The molecule has 0 N–H and O–H groups in total. The number of aryl methyl sites for hydroxylation is 1. The molecule has 0 fully saturated rings. The summed E-state index contributed by atoms with van der Waals surface area (Å²) in [6.07, 6.45) is 5.07. The van der Waals surface area contributed by atoms with E-state index in [-0.39, 0.29) is 0 Å². The fourth-order valence-electron chi connectivity index (χ4n) is 1.39. The van der Waals surface area contributed by atoms with Gasteiger partial charge in [-0.15, -0.1) is 6.58 Å². The van der Waals surface area contributed by atoms with E-state index >= 15 is 0 Å². The fourth-order valence-corrected chi connectivity index (χ4v) is 1.39. The van der Waals surface area contributed by atoms with Gasteiger partial charge in [-0.1, -0.05) is 36.4 Å². The third-order valence-electron chi connectivity index (χ3n) is 2.16. The van der Waals surface area contributed by atoms with Gasteiger partial charge >= 0.3 is 0 Å².